The molecular formula is C19H22N2O4S. The molecule has 6 nitrogen and oxygen atoms in total. The fraction of sp³-hybridized carbons (Fsp3) is 0.316. The molecule has 0 spiro atoms. The van der Waals surface area contributed by atoms with Crippen molar-refractivity contribution >= 4 is 29.1 Å². The lowest BCUT2D eigenvalue weighted by atomic mass is 9.97. The first-order valence-corrected chi connectivity index (χ1v) is 9.10. The Morgan fingerprint density at radius 3 is 2.35 bits per heavy atom. The summed E-state index contributed by atoms with van der Waals surface area (Å²) in [7, 11) is 0. The Bertz CT molecular complexity index is 767. The minimum Gasteiger partial charge on any atom is -0.481 e. The Labute approximate surface area is 156 Å². The lowest BCUT2D eigenvalue weighted by Gasteiger charge is -2.25. The summed E-state index contributed by atoms with van der Waals surface area (Å²) in [5, 5.41) is 16.3. The highest BCUT2D eigenvalue weighted by Gasteiger charge is 2.22. The zero-order valence-corrected chi connectivity index (χ0v) is 15.6. The summed E-state index contributed by atoms with van der Waals surface area (Å²) in [6.45, 7) is 3.97. The summed E-state index contributed by atoms with van der Waals surface area (Å²) < 4.78 is 0. The van der Waals surface area contributed by atoms with Crippen molar-refractivity contribution in [3.05, 3.63) is 57.8 Å². The molecule has 2 amide bonds. The molecule has 0 aliphatic carbocycles. The summed E-state index contributed by atoms with van der Waals surface area (Å²) in [4.78, 5) is 35.6. The van der Waals surface area contributed by atoms with Crippen LogP contribution in [0, 0.1) is 0 Å². The normalized spacial score (nSPS) is 11.0. The average Bonchev–Trinajstić information content (AvgIpc) is 3.13. The first kappa shape index (κ1) is 19.7. The van der Waals surface area contributed by atoms with E-state index in [0.29, 0.717) is 23.4 Å². The summed E-state index contributed by atoms with van der Waals surface area (Å²) in [5.74, 6) is -1.27. The number of hydrogen-bond donors (Lipinski definition) is 3. The van der Waals surface area contributed by atoms with Gasteiger partial charge in [0.1, 0.15) is 0 Å². The Balaban J connectivity index is 1.88. The smallest absolute Gasteiger partial charge is 0.303 e. The number of aliphatic carboxylic acids is 1. The second-order valence-electron chi connectivity index (χ2n) is 6.59. The second-order valence-corrected chi connectivity index (χ2v) is 7.54. The van der Waals surface area contributed by atoms with E-state index in [-0.39, 0.29) is 18.2 Å². The van der Waals surface area contributed by atoms with Crippen LogP contribution in [0.1, 0.15) is 52.3 Å². The SMILES string of the molecule is CC(C)(CCC(=O)O)NC(=O)c1ccc(CNC(=O)c2cccs2)cc1. The van der Waals surface area contributed by atoms with Crippen molar-refractivity contribution in [1.29, 1.82) is 0 Å². The maximum atomic E-state index is 12.3. The molecule has 0 aliphatic rings. The molecule has 0 fully saturated rings. The number of thiophene rings is 1. The number of carboxylic acid groups (broad SMARTS) is 1. The zero-order valence-electron chi connectivity index (χ0n) is 14.7. The van der Waals surface area contributed by atoms with Gasteiger partial charge >= 0.3 is 5.97 Å². The third-order valence-electron chi connectivity index (χ3n) is 3.83. The Morgan fingerprint density at radius 1 is 1.08 bits per heavy atom. The van der Waals surface area contributed by atoms with Gasteiger partial charge in [-0.05, 0) is 49.4 Å². The van der Waals surface area contributed by atoms with Gasteiger partial charge in [0.25, 0.3) is 11.8 Å². The Kier molecular flexibility index (Phi) is 6.52. The zero-order chi connectivity index (χ0) is 19.2. The Morgan fingerprint density at radius 2 is 1.77 bits per heavy atom. The van der Waals surface area contributed by atoms with Crippen LogP contribution >= 0.6 is 11.3 Å². The molecule has 0 saturated carbocycles. The third-order valence-corrected chi connectivity index (χ3v) is 4.70. The third kappa shape index (κ3) is 6.00. The lowest BCUT2D eigenvalue weighted by Crippen LogP contribution is -2.43. The van der Waals surface area contributed by atoms with Crippen LogP contribution in [-0.4, -0.2) is 28.4 Å². The first-order valence-electron chi connectivity index (χ1n) is 8.22. The standard InChI is InChI=1S/C19H22N2O4S/c1-19(2,10-9-16(22)23)21-17(24)14-7-5-13(6-8-14)12-20-18(25)15-4-3-11-26-15/h3-8,11H,9-10,12H2,1-2H3,(H,20,25)(H,21,24)(H,22,23). The molecule has 26 heavy (non-hydrogen) atoms. The van der Waals surface area contributed by atoms with Gasteiger partial charge in [0.05, 0.1) is 4.88 Å². The van der Waals surface area contributed by atoms with Crippen molar-refractivity contribution in [1.82, 2.24) is 10.6 Å². The van der Waals surface area contributed by atoms with Crippen LogP contribution in [0.5, 0.6) is 0 Å². The molecule has 138 valence electrons. The maximum absolute atomic E-state index is 12.3. The van der Waals surface area contributed by atoms with E-state index in [1.807, 2.05) is 11.4 Å². The van der Waals surface area contributed by atoms with Crippen LogP contribution in [0.3, 0.4) is 0 Å². The van der Waals surface area contributed by atoms with Crippen molar-refractivity contribution in [3.63, 3.8) is 0 Å². The Hall–Kier alpha value is -2.67. The molecular weight excluding hydrogens is 352 g/mol. The van der Waals surface area contributed by atoms with Gasteiger partial charge < -0.3 is 15.7 Å². The van der Waals surface area contributed by atoms with Crippen molar-refractivity contribution in [3.8, 4) is 0 Å². The molecule has 0 bridgehead atoms. The minimum absolute atomic E-state index is 0.00381. The van der Waals surface area contributed by atoms with Crippen LogP contribution in [0.2, 0.25) is 0 Å². The number of carbonyl (C=O) groups excluding carboxylic acids is 2. The average molecular weight is 374 g/mol. The number of carboxylic acids is 1. The molecule has 0 saturated heterocycles. The molecule has 0 aliphatic heterocycles. The van der Waals surface area contributed by atoms with Gasteiger partial charge in [0.2, 0.25) is 0 Å². The summed E-state index contributed by atoms with van der Waals surface area (Å²) in [6, 6.07) is 10.5. The van der Waals surface area contributed by atoms with E-state index in [2.05, 4.69) is 10.6 Å². The molecule has 3 N–H and O–H groups in total. The summed E-state index contributed by atoms with van der Waals surface area (Å²) >= 11 is 1.38. The molecule has 0 radical (unpaired) electrons. The molecule has 1 heterocycles. The minimum atomic E-state index is -0.888. The van der Waals surface area contributed by atoms with Crippen LogP contribution < -0.4 is 10.6 Å². The monoisotopic (exact) mass is 374 g/mol. The van der Waals surface area contributed by atoms with Gasteiger partial charge in [-0.3, -0.25) is 14.4 Å². The van der Waals surface area contributed by atoms with Gasteiger partial charge in [-0.2, -0.15) is 0 Å². The van der Waals surface area contributed by atoms with Gasteiger partial charge in [-0.1, -0.05) is 18.2 Å². The van der Waals surface area contributed by atoms with E-state index in [9.17, 15) is 14.4 Å². The molecule has 1 aromatic heterocycles. The van der Waals surface area contributed by atoms with Crippen molar-refractivity contribution in [2.45, 2.75) is 38.8 Å². The second kappa shape index (κ2) is 8.62. The van der Waals surface area contributed by atoms with Gasteiger partial charge in [-0.15, -0.1) is 11.3 Å². The van der Waals surface area contributed by atoms with E-state index < -0.39 is 11.5 Å². The van der Waals surface area contributed by atoms with Crippen molar-refractivity contribution in [2.75, 3.05) is 0 Å². The molecule has 2 aromatic rings. The predicted molar refractivity (Wildman–Crippen MR) is 100 cm³/mol. The van der Waals surface area contributed by atoms with Gasteiger partial charge in [0, 0.05) is 24.1 Å². The molecule has 1 aromatic carbocycles. The quantitative estimate of drug-likeness (QED) is 0.662. The van der Waals surface area contributed by atoms with Gasteiger partial charge in [0.15, 0.2) is 0 Å². The van der Waals surface area contributed by atoms with Crippen molar-refractivity contribution < 1.29 is 19.5 Å². The van der Waals surface area contributed by atoms with E-state index in [1.165, 1.54) is 11.3 Å². The molecule has 7 heteroatoms. The number of nitrogens with one attached hydrogen (secondary N) is 2. The van der Waals surface area contributed by atoms with Crippen LogP contribution in [0.15, 0.2) is 41.8 Å². The van der Waals surface area contributed by atoms with E-state index >= 15 is 0 Å². The first-order chi connectivity index (χ1) is 12.3. The lowest BCUT2D eigenvalue weighted by molar-refractivity contribution is -0.137. The predicted octanol–water partition coefficient (Wildman–Crippen LogP) is 3.05. The van der Waals surface area contributed by atoms with Crippen molar-refractivity contribution in [2.24, 2.45) is 0 Å². The highest BCUT2D eigenvalue weighted by atomic mass is 32.1. The van der Waals surface area contributed by atoms with E-state index in [1.54, 1.807) is 44.2 Å². The number of amides is 2. The van der Waals surface area contributed by atoms with E-state index in [0.717, 1.165) is 5.56 Å². The van der Waals surface area contributed by atoms with E-state index in [4.69, 9.17) is 5.11 Å². The molecule has 0 atom stereocenters. The molecule has 0 unspecified atom stereocenters. The number of rotatable bonds is 8. The number of carbonyl (C=O) groups is 3. The van der Waals surface area contributed by atoms with Crippen LogP contribution in [0.4, 0.5) is 0 Å². The fourth-order valence-electron chi connectivity index (χ4n) is 2.31. The summed E-state index contributed by atoms with van der Waals surface area (Å²) in [5.41, 5.74) is 0.765. The van der Waals surface area contributed by atoms with Crippen LogP contribution in [-0.2, 0) is 11.3 Å². The maximum Gasteiger partial charge on any atom is 0.303 e. The van der Waals surface area contributed by atoms with Gasteiger partial charge in [-0.25, -0.2) is 0 Å². The highest BCUT2D eigenvalue weighted by Crippen LogP contribution is 2.14. The fourth-order valence-corrected chi connectivity index (χ4v) is 2.95. The molecule has 2 rings (SSSR count). The topological polar surface area (TPSA) is 95.5 Å². The number of hydrogen-bond acceptors (Lipinski definition) is 4. The number of benzene rings is 1. The highest BCUT2D eigenvalue weighted by molar-refractivity contribution is 7.12. The summed E-state index contributed by atoms with van der Waals surface area (Å²) in [6.07, 6.45) is 0.344. The largest absolute Gasteiger partial charge is 0.481 e. The van der Waals surface area contributed by atoms with Crippen LogP contribution in [0.25, 0.3) is 0 Å².